The standard InChI is InChI=1S/C17H29N3O3/c21-16(18-14-6-7-14)12-19-8-10-20(11-9-19)17(22)13-23-15-4-2-1-3-5-15/h14-15H,1-13H2,(H,18,21). The Morgan fingerprint density at radius 2 is 1.65 bits per heavy atom. The van der Waals surface area contributed by atoms with Crippen LogP contribution in [0.1, 0.15) is 44.9 Å². The Morgan fingerprint density at radius 3 is 2.30 bits per heavy atom. The summed E-state index contributed by atoms with van der Waals surface area (Å²) in [5.74, 6) is 0.213. The van der Waals surface area contributed by atoms with Gasteiger partial charge in [0.25, 0.3) is 0 Å². The van der Waals surface area contributed by atoms with E-state index < -0.39 is 0 Å². The highest BCUT2D eigenvalue weighted by Gasteiger charge is 2.26. The number of carbonyl (C=O) groups is 2. The van der Waals surface area contributed by atoms with Gasteiger partial charge in [-0.1, -0.05) is 19.3 Å². The molecule has 6 heteroatoms. The first-order chi connectivity index (χ1) is 11.2. The number of rotatable bonds is 6. The first-order valence-corrected chi connectivity index (χ1v) is 9.12. The van der Waals surface area contributed by atoms with Gasteiger partial charge in [-0.15, -0.1) is 0 Å². The molecular formula is C17H29N3O3. The molecule has 0 aromatic rings. The van der Waals surface area contributed by atoms with E-state index >= 15 is 0 Å². The van der Waals surface area contributed by atoms with Gasteiger partial charge in [0.15, 0.2) is 0 Å². The largest absolute Gasteiger partial charge is 0.368 e. The van der Waals surface area contributed by atoms with Crippen molar-refractivity contribution in [3.63, 3.8) is 0 Å². The summed E-state index contributed by atoms with van der Waals surface area (Å²) in [7, 11) is 0. The average Bonchev–Trinajstić information content (AvgIpc) is 3.38. The highest BCUT2D eigenvalue weighted by atomic mass is 16.5. The topological polar surface area (TPSA) is 61.9 Å². The minimum Gasteiger partial charge on any atom is -0.368 e. The van der Waals surface area contributed by atoms with Gasteiger partial charge in [0.05, 0.1) is 12.6 Å². The number of ether oxygens (including phenoxy) is 1. The molecule has 1 N–H and O–H groups in total. The van der Waals surface area contributed by atoms with E-state index in [0.717, 1.165) is 38.8 Å². The summed E-state index contributed by atoms with van der Waals surface area (Å²) in [4.78, 5) is 28.0. The second-order valence-electron chi connectivity index (χ2n) is 7.07. The molecule has 23 heavy (non-hydrogen) atoms. The molecule has 0 aromatic heterocycles. The maximum absolute atomic E-state index is 12.2. The second-order valence-corrected chi connectivity index (χ2v) is 7.07. The Bertz CT molecular complexity index is 411. The smallest absolute Gasteiger partial charge is 0.248 e. The zero-order valence-electron chi connectivity index (χ0n) is 14.0. The van der Waals surface area contributed by atoms with Crippen LogP contribution in [-0.4, -0.2) is 73.1 Å². The molecule has 3 fully saturated rings. The zero-order chi connectivity index (χ0) is 16.1. The van der Waals surface area contributed by atoms with E-state index in [1.54, 1.807) is 0 Å². The lowest BCUT2D eigenvalue weighted by atomic mass is 9.98. The Morgan fingerprint density at radius 1 is 0.957 bits per heavy atom. The van der Waals surface area contributed by atoms with E-state index in [1.807, 2.05) is 4.90 Å². The molecule has 130 valence electrons. The highest BCUT2D eigenvalue weighted by Crippen LogP contribution is 2.20. The maximum atomic E-state index is 12.2. The van der Waals surface area contributed by atoms with Gasteiger partial charge in [-0.05, 0) is 25.7 Å². The summed E-state index contributed by atoms with van der Waals surface area (Å²) < 4.78 is 5.77. The second kappa shape index (κ2) is 8.11. The predicted octanol–water partition coefficient (Wildman–Crippen LogP) is 0.759. The van der Waals surface area contributed by atoms with Crippen LogP contribution in [0.5, 0.6) is 0 Å². The van der Waals surface area contributed by atoms with Crippen molar-refractivity contribution in [2.24, 2.45) is 0 Å². The van der Waals surface area contributed by atoms with Crippen molar-refractivity contribution in [3.05, 3.63) is 0 Å². The van der Waals surface area contributed by atoms with Crippen LogP contribution in [0.3, 0.4) is 0 Å². The van der Waals surface area contributed by atoms with Crippen LogP contribution in [0, 0.1) is 0 Å². The van der Waals surface area contributed by atoms with Crippen LogP contribution < -0.4 is 5.32 Å². The summed E-state index contributed by atoms with van der Waals surface area (Å²) >= 11 is 0. The Kier molecular flexibility index (Phi) is 5.89. The first kappa shape index (κ1) is 16.7. The Labute approximate surface area is 138 Å². The fourth-order valence-corrected chi connectivity index (χ4v) is 3.37. The Hall–Kier alpha value is -1.14. The van der Waals surface area contributed by atoms with Crippen LogP contribution >= 0.6 is 0 Å². The van der Waals surface area contributed by atoms with Crippen LogP contribution in [0.15, 0.2) is 0 Å². The number of hydrogen-bond donors (Lipinski definition) is 1. The van der Waals surface area contributed by atoms with Gasteiger partial charge >= 0.3 is 0 Å². The summed E-state index contributed by atoms with van der Waals surface area (Å²) in [5.41, 5.74) is 0. The van der Waals surface area contributed by atoms with E-state index in [1.165, 1.54) is 19.3 Å². The summed E-state index contributed by atoms with van der Waals surface area (Å²) in [6.07, 6.45) is 8.45. The van der Waals surface area contributed by atoms with Crippen LogP contribution in [0.4, 0.5) is 0 Å². The molecule has 0 radical (unpaired) electrons. The van der Waals surface area contributed by atoms with Gasteiger partial charge in [-0.2, -0.15) is 0 Å². The predicted molar refractivity (Wildman–Crippen MR) is 87.0 cm³/mol. The van der Waals surface area contributed by atoms with Crippen molar-refractivity contribution < 1.29 is 14.3 Å². The molecule has 3 rings (SSSR count). The average molecular weight is 323 g/mol. The Balaban J connectivity index is 1.31. The van der Waals surface area contributed by atoms with Crippen LogP contribution in [0.25, 0.3) is 0 Å². The molecule has 0 atom stereocenters. The molecule has 3 aliphatic rings. The van der Waals surface area contributed by atoms with E-state index in [0.29, 0.717) is 25.7 Å². The van der Waals surface area contributed by atoms with Crippen molar-refractivity contribution >= 4 is 11.8 Å². The molecule has 0 spiro atoms. The molecule has 0 aromatic carbocycles. The quantitative estimate of drug-likeness (QED) is 0.784. The third-order valence-electron chi connectivity index (χ3n) is 5.03. The lowest BCUT2D eigenvalue weighted by molar-refractivity contribution is -0.140. The summed E-state index contributed by atoms with van der Waals surface area (Å²) in [5, 5.41) is 3.01. The van der Waals surface area contributed by atoms with Gasteiger partial charge in [-0.25, -0.2) is 0 Å². The van der Waals surface area contributed by atoms with Crippen molar-refractivity contribution in [1.82, 2.24) is 15.1 Å². The molecule has 1 heterocycles. The number of amides is 2. The minimum absolute atomic E-state index is 0.0951. The molecule has 2 aliphatic carbocycles. The lowest BCUT2D eigenvalue weighted by Crippen LogP contribution is -2.52. The van der Waals surface area contributed by atoms with Crippen molar-refractivity contribution in [2.45, 2.75) is 57.1 Å². The van der Waals surface area contributed by atoms with Gasteiger partial charge in [0.1, 0.15) is 6.61 Å². The van der Waals surface area contributed by atoms with Crippen molar-refractivity contribution in [1.29, 1.82) is 0 Å². The third-order valence-corrected chi connectivity index (χ3v) is 5.03. The van der Waals surface area contributed by atoms with E-state index in [-0.39, 0.29) is 24.5 Å². The number of carbonyl (C=O) groups excluding carboxylic acids is 2. The molecule has 2 amide bonds. The van der Waals surface area contributed by atoms with Crippen molar-refractivity contribution in [2.75, 3.05) is 39.3 Å². The van der Waals surface area contributed by atoms with E-state index in [4.69, 9.17) is 4.74 Å². The van der Waals surface area contributed by atoms with Crippen LogP contribution in [-0.2, 0) is 14.3 Å². The fourth-order valence-electron chi connectivity index (χ4n) is 3.37. The van der Waals surface area contributed by atoms with Crippen molar-refractivity contribution in [3.8, 4) is 0 Å². The van der Waals surface area contributed by atoms with Gasteiger partial charge in [0.2, 0.25) is 11.8 Å². The SMILES string of the molecule is O=C(CN1CCN(C(=O)COC2CCCCC2)CC1)NC1CC1. The molecule has 1 saturated heterocycles. The first-order valence-electron chi connectivity index (χ1n) is 9.12. The van der Waals surface area contributed by atoms with Gasteiger partial charge in [-0.3, -0.25) is 14.5 Å². The van der Waals surface area contributed by atoms with E-state index in [2.05, 4.69) is 10.2 Å². The molecule has 6 nitrogen and oxygen atoms in total. The highest BCUT2D eigenvalue weighted by molar-refractivity contribution is 5.79. The number of nitrogens with zero attached hydrogens (tertiary/aromatic N) is 2. The zero-order valence-corrected chi connectivity index (χ0v) is 14.0. The molecule has 0 unspecified atom stereocenters. The molecule has 2 saturated carbocycles. The molecule has 1 aliphatic heterocycles. The number of hydrogen-bond acceptors (Lipinski definition) is 4. The monoisotopic (exact) mass is 323 g/mol. The fraction of sp³-hybridized carbons (Fsp3) is 0.882. The lowest BCUT2D eigenvalue weighted by Gasteiger charge is -2.34. The maximum Gasteiger partial charge on any atom is 0.248 e. The minimum atomic E-state index is 0.0951. The third kappa shape index (κ3) is 5.46. The number of nitrogens with one attached hydrogen (secondary N) is 1. The summed E-state index contributed by atoms with van der Waals surface area (Å²) in [6, 6.07) is 0.419. The molecular weight excluding hydrogens is 294 g/mol. The van der Waals surface area contributed by atoms with Gasteiger partial charge < -0.3 is 15.0 Å². The number of piperazine rings is 1. The van der Waals surface area contributed by atoms with Crippen LogP contribution in [0.2, 0.25) is 0 Å². The molecule has 0 bridgehead atoms. The van der Waals surface area contributed by atoms with E-state index in [9.17, 15) is 9.59 Å². The normalized spacial score (nSPS) is 23.7. The summed E-state index contributed by atoms with van der Waals surface area (Å²) in [6.45, 7) is 3.61. The van der Waals surface area contributed by atoms with Gasteiger partial charge in [0, 0.05) is 32.2 Å².